The molecule has 0 aliphatic carbocycles. The molecule has 28 heavy (non-hydrogen) atoms. The lowest BCUT2D eigenvalue weighted by atomic mass is 10.1. The fourth-order valence-electron chi connectivity index (χ4n) is 2.33. The Morgan fingerprint density at radius 2 is 1.96 bits per heavy atom. The second-order valence-electron chi connectivity index (χ2n) is 5.57. The van der Waals surface area contributed by atoms with Gasteiger partial charge >= 0.3 is 5.97 Å². The van der Waals surface area contributed by atoms with E-state index in [1.54, 1.807) is 0 Å². The van der Waals surface area contributed by atoms with Crippen molar-refractivity contribution in [3.63, 3.8) is 0 Å². The lowest BCUT2D eigenvalue weighted by Gasteiger charge is -2.18. The summed E-state index contributed by atoms with van der Waals surface area (Å²) in [5.74, 6) is -3.79. The molecule has 3 rings (SSSR count). The number of alkyl halides is 2. The van der Waals surface area contributed by atoms with E-state index in [1.165, 1.54) is 42.5 Å². The van der Waals surface area contributed by atoms with E-state index in [1.807, 2.05) is 0 Å². The van der Waals surface area contributed by atoms with Crippen molar-refractivity contribution < 1.29 is 32.6 Å². The van der Waals surface area contributed by atoms with Crippen LogP contribution in [0.1, 0.15) is 10.4 Å². The molecule has 7 nitrogen and oxygen atoms in total. The highest BCUT2D eigenvalue weighted by Gasteiger charge is 2.19. The molecule has 0 aromatic heterocycles. The average molecular weight is 408 g/mol. The number of esters is 1. The van der Waals surface area contributed by atoms with Crippen LogP contribution in [0.5, 0.6) is 5.75 Å². The van der Waals surface area contributed by atoms with Crippen LogP contribution in [0.3, 0.4) is 0 Å². The van der Waals surface area contributed by atoms with Crippen LogP contribution in [-0.4, -0.2) is 36.8 Å². The van der Waals surface area contributed by atoms with Crippen LogP contribution >= 0.6 is 11.8 Å². The summed E-state index contributed by atoms with van der Waals surface area (Å²) in [5, 5.41) is 5.09. The Morgan fingerprint density at radius 3 is 2.68 bits per heavy atom. The molecule has 1 aliphatic heterocycles. The number of anilines is 2. The van der Waals surface area contributed by atoms with Crippen molar-refractivity contribution in [2.45, 2.75) is 10.7 Å². The number of hydrogen-bond acceptors (Lipinski definition) is 6. The molecule has 0 unspecified atom stereocenters. The van der Waals surface area contributed by atoms with Crippen molar-refractivity contribution >= 4 is 40.9 Å². The normalized spacial score (nSPS) is 12.6. The van der Waals surface area contributed by atoms with E-state index in [9.17, 15) is 23.2 Å². The number of ether oxygens (including phenoxy) is 2. The Bertz CT molecular complexity index is 905. The predicted molar refractivity (Wildman–Crippen MR) is 97.8 cm³/mol. The van der Waals surface area contributed by atoms with Gasteiger partial charge in [-0.3, -0.25) is 9.59 Å². The van der Waals surface area contributed by atoms with E-state index in [2.05, 4.69) is 10.6 Å². The van der Waals surface area contributed by atoms with Gasteiger partial charge in [-0.2, -0.15) is 8.78 Å². The fraction of sp³-hybridized carbons (Fsp3) is 0.167. The van der Waals surface area contributed by atoms with Gasteiger partial charge in [0.05, 0.1) is 11.3 Å². The van der Waals surface area contributed by atoms with Gasteiger partial charge in [0.1, 0.15) is 5.75 Å². The Labute approximate surface area is 162 Å². The van der Waals surface area contributed by atoms with E-state index in [4.69, 9.17) is 9.47 Å². The van der Waals surface area contributed by atoms with Crippen molar-refractivity contribution in [2.24, 2.45) is 0 Å². The molecule has 1 heterocycles. The quantitative estimate of drug-likeness (QED) is 0.564. The largest absolute Gasteiger partial charge is 0.482 e. The maximum Gasteiger partial charge on any atom is 0.338 e. The minimum atomic E-state index is -2.52. The summed E-state index contributed by atoms with van der Waals surface area (Å²) in [5.41, 5.74) is 0.993. The van der Waals surface area contributed by atoms with Gasteiger partial charge < -0.3 is 20.1 Å². The van der Waals surface area contributed by atoms with Crippen LogP contribution < -0.4 is 15.4 Å². The lowest BCUT2D eigenvalue weighted by Crippen LogP contribution is -2.25. The molecule has 2 aromatic rings. The number of fused-ring (bicyclic) bond motifs is 1. The summed E-state index contributed by atoms with van der Waals surface area (Å²) < 4.78 is 34.7. The molecule has 0 bridgehead atoms. The van der Waals surface area contributed by atoms with Crippen molar-refractivity contribution in [1.29, 1.82) is 0 Å². The Balaban J connectivity index is 1.51. The number of hydrogen-bond donors (Lipinski definition) is 2. The molecule has 2 N–H and O–H groups in total. The lowest BCUT2D eigenvalue weighted by molar-refractivity contribution is -0.119. The van der Waals surface area contributed by atoms with Crippen LogP contribution in [0.2, 0.25) is 0 Å². The van der Waals surface area contributed by atoms with Gasteiger partial charge in [0.15, 0.2) is 13.2 Å². The van der Waals surface area contributed by atoms with Gasteiger partial charge in [0.2, 0.25) is 0 Å². The van der Waals surface area contributed by atoms with Crippen LogP contribution in [0.4, 0.5) is 20.2 Å². The third-order valence-corrected chi connectivity index (χ3v) is 4.27. The molecule has 0 spiro atoms. The van der Waals surface area contributed by atoms with Gasteiger partial charge in [0, 0.05) is 10.6 Å². The highest BCUT2D eigenvalue weighted by molar-refractivity contribution is 7.99. The zero-order chi connectivity index (χ0) is 20.1. The molecule has 146 valence electrons. The van der Waals surface area contributed by atoms with E-state index in [0.29, 0.717) is 33.8 Å². The number of nitrogens with one attached hydrogen (secondary N) is 2. The molecule has 10 heteroatoms. The summed E-state index contributed by atoms with van der Waals surface area (Å²) in [6.07, 6.45) is 0. The predicted octanol–water partition coefficient (Wildman–Crippen LogP) is 3.13. The van der Waals surface area contributed by atoms with Crippen LogP contribution in [0.25, 0.3) is 0 Å². The van der Waals surface area contributed by atoms with Gasteiger partial charge in [-0.05, 0) is 42.5 Å². The molecule has 2 aromatic carbocycles. The zero-order valence-electron chi connectivity index (χ0n) is 14.2. The number of halogens is 2. The third-order valence-electron chi connectivity index (χ3n) is 3.55. The van der Waals surface area contributed by atoms with E-state index in [0.717, 1.165) is 0 Å². The molecule has 0 radical (unpaired) electrons. The Hall–Kier alpha value is -3.14. The summed E-state index contributed by atoms with van der Waals surface area (Å²) in [4.78, 5) is 35.6. The first-order valence-electron chi connectivity index (χ1n) is 7.99. The number of carbonyl (C=O) groups excluding carboxylic acids is 3. The number of carbonyl (C=O) groups is 3. The zero-order valence-corrected chi connectivity index (χ0v) is 15.1. The van der Waals surface area contributed by atoms with Gasteiger partial charge in [-0.25, -0.2) is 4.79 Å². The van der Waals surface area contributed by atoms with E-state index >= 15 is 0 Å². The first kappa shape index (κ1) is 19.6. The van der Waals surface area contributed by atoms with Gasteiger partial charge in [-0.15, -0.1) is 0 Å². The van der Waals surface area contributed by atoms with E-state index in [-0.39, 0.29) is 18.1 Å². The number of thioether (sulfide) groups is 1. The molecular formula is C18H14F2N2O5S. The smallest absolute Gasteiger partial charge is 0.338 e. The average Bonchev–Trinajstić information content (AvgIpc) is 2.67. The molecule has 0 saturated carbocycles. The fourth-order valence-corrected chi connectivity index (χ4v) is 2.83. The standard InChI is InChI=1S/C18H14F2N2O5S/c19-18(20)28-12-4-2-11(3-5-12)21-15(23)9-27-17(25)10-1-6-13-14(7-10)26-8-16(24)22-13/h1-7,18H,8-9H2,(H,21,23)(H,22,24). The topological polar surface area (TPSA) is 93.7 Å². The molecule has 0 saturated heterocycles. The minimum Gasteiger partial charge on any atom is -0.482 e. The highest BCUT2D eigenvalue weighted by atomic mass is 32.2. The molecule has 0 fully saturated rings. The highest BCUT2D eigenvalue weighted by Crippen LogP contribution is 2.29. The van der Waals surface area contributed by atoms with Crippen molar-refractivity contribution in [3.05, 3.63) is 48.0 Å². The summed E-state index contributed by atoms with van der Waals surface area (Å²) in [6, 6.07) is 10.2. The second-order valence-corrected chi connectivity index (χ2v) is 6.64. The number of amides is 2. The minimum absolute atomic E-state index is 0.150. The Morgan fingerprint density at radius 1 is 1.21 bits per heavy atom. The SMILES string of the molecule is O=C(COC(=O)c1ccc2c(c1)OCC(=O)N2)Nc1ccc(SC(F)F)cc1. The molecule has 0 atom stereocenters. The van der Waals surface area contributed by atoms with Gasteiger partial charge in [-0.1, -0.05) is 11.8 Å². The van der Waals surface area contributed by atoms with Crippen molar-refractivity contribution in [1.82, 2.24) is 0 Å². The van der Waals surface area contributed by atoms with Crippen LogP contribution in [-0.2, 0) is 14.3 Å². The van der Waals surface area contributed by atoms with Crippen LogP contribution in [0, 0.1) is 0 Å². The third kappa shape index (κ3) is 5.19. The Kier molecular flexibility index (Phi) is 6.09. The second kappa shape index (κ2) is 8.70. The summed E-state index contributed by atoms with van der Waals surface area (Å²) >= 11 is 0.399. The first-order valence-corrected chi connectivity index (χ1v) is 8.87. The maximum atomic E-state index is 12.3. The first-order chi connectivity index (χ1) is 13.4. The maximum absolute atomic E-state index is 12.3. The van der Waals surface area contributed by atoms with Crippen molar-refractivity contribution in [2.75, 3.05) is 23.8 Å². The van der Waals surface area contributed by atoms with Crippen LogP contribution in [0.15, 0.2) is 47.4 Å². The van der Waals surface area contributed by atoms with Gasteiger partial charge in [0.25, 0.3) is 17.6 Å². The molecular weight excluding hydrogens is 394 g/mol. The number of benzene rings is 2. The number of rotatable bonds is 6. The summed E-state index contributed by atoms with van der Waals surface area (Å²) in [6.45, 7) is -0.677. The monoisotopic (exact) mass is 408 g/mol. The molecule has 2 amide bonds. The van der Waals surface area contributed by atoms with E-state index < -0.39 is 24.2 Å². The molecule has 1 aliphatic rings. The van der Waals surface area contributed by atoms with Crippen molar-refractivity contribution in [3.8, 4) is 5.75 Å². The summed E-state index contributed by atoms with van der Waals surface area (Å²) in [7, 11) is 0.